The lowest BCUT2D eigenvalue weighted by atomic mass is 10.0. The minimum atomic E-state index is -3.90. The molecule has 9 nitrogen and oxygen atoms in total. The van der Waals surface area contributed by atoms with Gasteiger partial charge in [-0.25, -0.2) is 8.42 Å². The van der Waals surface area contributed by atoms with E-state index in [1.54, 1.807) is 24.3 Å². The van der Waals surface area contributed by atoms with Gasteiger partial charge >= 0.3 is 0 Å². The molecule has 2 aromatic rings. The van der Waals surface area contributed by atoms with E-state index in [1.165, 1.54) is 24.3 Å². The number of nitrogens with zero attached hydrogens (tertiary/aromatic N) is 1. The Morgan fingerprint density at radius 2 is 1.69 bits per heavy atom. The largest absolute Gasteiger partial charge is 0.383 e. The lowest BCUT2D eigenvalue weighted by molar-refractivity contribution is -0.120. The molecule has 1 unspecified atom stereocenters. The van der Waals surface area contributed by atoms with Crippen LogP contribution in [0.1, 0.15) is 52.0 Å². The number of sulfonamides is 1. The summed E-state index contributed by atoms with van der Waals surface area (Å²) < 4.78 is 28.2. The fourth-order valence-electron chi connectivity index (χ4n) is 3.28. The third-order valence-corrected chi connectivity index (χ3v) is 7.38. The number of amidine groups is 1. The number of anilines is 2. The van der Waals surface area contributed by atoms with Gasteiger partial charge in [0.05, 0.1) is 16.6 Å². The predicted molar refractivity (Wildman–Crippen MR) is 137 cm³/mol. The molecule has 0 spiro atoms. The first-order valence-corrected chi connectivity index (χ1v) is 13.1. The summed E-state index contributed by atoms with van der Waals surface area (Å²) in [5, 5.41) is 2.83. The van der Waals surface area contributed by atoms with Crippen LogP contribution >= 0.6 is 0 Å². The average molecular weight is 500 g/mol. The number of amides is 2. The van der Waals surface area contributed by atoms with Gasteiger partial charge in [0.2, 0.25) is 5.91 Å². The van der Waals surface area contributed by atoms with Gasteiger partial charge in [0, 0.05) is 16.7 Å². The minimum absolute atomic E-state index is 0.00828. The first-order chi connectivity index (χ1) is 16.4. The number of hydrogen-bond donors (Lipinski definition) is 4. The summed E-state index contributed by atoms with van der Waals surface area (Å²) in [5.74, 6) is -0.193. The van der Waals surface area contributed by atoms with Crippen LogP contribution < -0.4 is 21.5 Å². The van der Waals surface area contributed by atoms with Gasteiger partial charge in [-0.2, -0.15) is 4.99 Å². The average Bonchev–Trinajstić information content (AvgIpc) is 3.56. The maximum Gasteiger partial charge on any atom is 0.264 e. The second-order valence-corrected chi connectivity index (χ2v) is 11.3. The van der Waals surface area contributed by atoms with Crippen molar-refractivity contribution >= 4 is 39.0 Å². The van der Waals surface area contributed by atoms with Crippen LogP contribution in [0.2, 0.25) is 0 Å². The smallest absolute Gasteiger partial charge is 0.264 e. The number of carbonyl (C=O) groups is 2. The number of nitrogens with two attached hydrogens (primary N) is 2. The molecular weight excluding hydrogens is 466 g/mol. The molecule has 1 fully saturated rings. The quantitative estimate of drug-likeness (QED) is 0.290. The molecule has 1 aliphatic rings. The van der Waals surface area contributed by atoms with Crippen molar-refractivity contribution in [3.63, 3.8) is 0 Å². The fraction of sp³-hybridized carbons (Fsp3) is 0.400. The molecule has 0 radical (unpaired) electrons. The Bertz CT molecular complexity index is 1220. The Kier molecular flexibility index (Phi) is 7.97. The van der Waals surface area contributed by atoms with Crippen LogP contribution in [0.5, 0.6) is 0 Å². The third kappa shape index (κ3) is 7.12. The molecule has 0 heterocycles. The zero-order valence-electron chi connectivity index (χ0n) is 20.2. The van der Waals surface area contributed by atoms with Crippen LogP contribution in [-0.4, -0.2) is 32.1 Å². The van der Waals surface area contributed by atoms with Crippen LogP contribution in [0.4, 0.5) is 11.4 Å². The van der Waals surface area contributed by atoms with Crippen LogP contribution in [0, 0.1) is 11.3 Å². The summed E-state index contributed by atoms with van der Waals surface area (Å²) >= 11 is 0. The summed E-state index contributed by atoms with van der Waals surface area (Å²) in [6.45, 7) is 5.99. The molecule has 2 aromatic carbocycles. The first-order valence-electron chi connectivity index (χ1n) is 11.6. The topological polar surface area (TPSA) is 157 Å². The molecule has 6 N–H and O–H groups in total. The zero-order chi connectivity index (χ0) is 25.8. The van der Waals surface area contributed by atoms with Crippen LogP contribution in [-0.2, 0) is 19.6 Å². The van der Waals surface area contributed by atoms with Crippen molar-refractivity contribution in [3.8, 4) is 0 Å². The van der Waals surface area contributed by atoms with Crippen LogP contribution in [0.15, 0.2) is 58.4 Å². The Hall–Kier alpha value is -3.24. The lowest BCUT2D eigenvalue weighted by Crippen LogP contribution is -2.31. The molecule has 3 rings (SSSR count). The number of benzene rings is 2. The van der Waals surface area contributed by atoms with E-state index in [9.17, 15) is 18.0 Å². The maximum atomic E-state index is 12.8. The molecule has 0 bridgehead atoms. The molecule has 1 aliphatic carbocycles. The van der Waals surface area contributed by atoms with E-state index < -0.39 is 22.0 Å². The van der Waals surface area contributed by atoms with Gasteiger partial charge in [0.1, 0.15) is 5.84 Å². The normalized spacial score (nSPS) is 16.0. The second-order valence-electron chi connectivity index (χ2n) is 9.64. The van der Waals surface area contributed by atoms with Crippen molar-refractivity contribution in [3.05, 3.63) is 54.1 Å². The van der Waals surface area contributed by atoms with Crippen LogP contribution in [0.25, 0.3) is 0 Å². The first kappa shape index (κ1) is 26.4. The van der Waals surface area contributed by atoms with Gasteiger partial charge in [-0.1, -0.05) is 26.8 Å². The number of nitrogens with one attached hydrogen (secondary N) is 2. The van der Waals surface area contributed by atoms with Gasteiger partial charge < -0.3 is 16.8 Å². The molecule has 35 heavy (non-hydrogen) atoms. The van der Waals surface area contributed by atoms with E-state index in [2.05, 4.69) is 15.0 Å². The number of carbonyl (C=O) groups excluding carboxylic acids is 2. The summed E-state index contributed by atoms with van der Waals surface area (Å²) in [5.41, 5.74) is 12.7. The van der Waals surface area contributed by atoms with E-state index in [4.69, 9.17) is 11.5 Å². The van der Waals surface area contributed by atoms with Gasteiger partial charge in [-0.05, 0) is 74.1 Å². The SMILES string of the molecule is CC(C)CCC(N)C(=O)N=C(N)c1ccc(S(=O)(=O)Nc2cccc(NC(=O)C3(C)CC3)c2)cc1. The Labute approximate surface area is 206 Å². The van der Waals surface area contributed by atoms with E-state index in [0.717, 1.165) is 19.3 Å². The zero-order valence-corrected chi connectivity index (χ0v) is 21.1. The molecule has 1 saturated carbocycles. The van der Waals surface area contributed by atoms with Crippen molar-refractivity contribution in [1.29, 1.82) is 0 Å². The standard InChI is InChI=1S/C25H33N5O4S/c1-16(2)7-12-21(26)23(31)29-22(27)17-8-10-20(11-9-17)35(33,34)30-19-6-4-5-18(15-19)28-24(32)25(3)13-14-25/h4-6,8-11,15-16,21,30H,7,12-14,26H2,1-3H3,(H,28,32)(H2,27,29,31). The number of hydrogen-bond acceptors (Lipinski definition) is 5. The maximum absolute atomic E-state index is 12.8. The lowest BCUT2D eigenvalue weighted by Gasteiger charge is -2.13. The van der Waals surface area contributed by atoms with Crippen molar-refractivity contribution in [1.82, 2.24) is 0 Å². The monoisotopic (exact) mass is 499 g/mol. The molecule has 2 amide bonds. The van der Waals surface area contributed by atoms with Gasteiger partial charge in [-0.3, -0.25) is 14.3 Å². The highest BCUT2D eigenvalue weighted by Gasteiger charge is 2.44. The predicted octanol–water partition coefficient (Wildman–Crippen LogP) is 3.22. The molecule has 10 heteroatoms. The third-order valence-electron chi connectivity index (χ3n) is 5.98. The molecule has 0 aliphatic heterocycles. The minimum Gasteiger partial charge on any atom is -0.383 e. The molecule has 0 aromatic heterocycles. The highest BCUT2D eigenvalue weighted by Crippen LogP contribution is 2.45. The number of rotatable bonds is 10. The van der Waals surface area contributed by atoms with E-state index in [0.29, 0.717) is 29.3 Å². The Morgan fingerprint density at radius 1 is 1.06 bits per heavy atom. The highest BCUT2D eigenvalue weighted by molar-refractivity contribution is 7.92. The van der Waals surface area contributed by atoms with E-state index in [-0.39, 0.29) is 22.1 Å². The highest BCUT2D eigenvalue weighted by atomic mass is 32.2. The number of aliphatic imine (C=N–C) groups is 1. The molecule has 0 saturated heterocycles. The molecule has 188 valence electrons. The summed E-state index contributed by atoms with van der Waals surface area (Å²) in [6.07, 6.45) is 3.00. The summed E-state index contributed by atoms with van der Waals surface area (Å²) in [6, 6.07) is 11.5. The summed E-state index contributed by atoms with van der Waals surface area (Å²) in [4.78, 5) is 28.3. The summed E-state index contributed by atoms with van der Waals surface area (Å²) in [7, 11) is -3.90. The Balaban J connectivity index is 1.66. The van der Waals surface area contributed by atoms with E-state index in [1.807, 2.05) is 20.8 Å². The van der Waals surface area contributed by atoms with Gasteiger partial charge in [0.15, 0.2) is 0 Å². The van der Waals surface area contributed by atoms with Crippen LogP contribution in [0.3, 0.4) is 0 Å². The van der Waals surface area contributed by atoms with Gasteiger partial charge in [-0.15, -0.1) is 0 Å². The molecule has 1 atom stereocenters. The van der Waals surface area contributed by atoms with E-state index >= 15 is 0 Å². The van der Waals surface area contributed by atoms with Crippen molar-refractivity contribution in [2.45, 2.75) is 57.4 Å². The second kappa shape index (κ2) is 10.6. The van der Waals surface area contributed by atoms with Gasteiger partial charge in [0.25, 0.3) is 15.9 Å². The van der Waals surface area contributed by atoms with Crippen molar-refractivity contribution in [2.75, 3.05) is 10.0 Å². The molecular formula is C25H33N5O4S. The Morgan fingerprint density at radius 3 is 2.29 bits per heavy atom. The van der Waals surface area contributed by atoms with Crippen molar-refractivity contribution < 1.29 is 18.0 Å². The van der Waals surface area contributed by atoms with Crippen molar-refractivity contribution in [2.24, 2.45) is 27.8 Å². The fourth-order valence-corrected chi connectivity index (χ4v) is 4.33.